The van der Waals surface area contributed by atoms with Gasteiger partial charge in [-0.25, -0.2) is 9.97 Å². The summed E-state index contributed by atoms with van der Waals surface area (Å²) in [6, 6.07) is 11.3. The van der Waals surface area contributed by atoms with Gasteiger partial charge in [-0.05, 0) is 36.6 Å². The predicted molar refractivity (Wildman–Crippen MR) is 135 cm³/mol. The van der Waals surface area contributed by atoms with Crippen LogP contribution in [0.2, 0.25) is 5.02 Å². The molecule has 0 aliphatic carbocycles. The van der Waals surface area contributed by atoms with Crippen LogP contribution in [-0.4, -0.2) is 41.7 Å². The van der Waals surface area contributed by atoms with Gasteiger partial charge in [-0.2, -0.15) is 0 Å². The molecule has 0 bridgehead atoms. The molecule has 3 N–H and O–H groups in total. The van der Waals surface area contributed by atoms with Crippen molar-refractivity contribution in [2.75, 3.05) is 30.4 Å². The molecular weight excluding hydrogens is 456 g/mol. The summed E-state index contributed by atoms with van der Waals surface area (Å²) in [6.45, 7) is 2.33. The third-order valence-electron chi connectivity index (χ3n) is 5.66. The van der Waals surface area contributed by atoms with Crippen LogP contribution in [0.15, 0.2) is 42.6 Å². The first kappa shape index (κ1) is 23.2. The van der Waals surface area contributed by atoms with Crippen LogP contribution < -0.4 is 15.5 Å². The van der Waals surface area contributed by atoms with Crippen molar-refractivity contribution in [1.29, 1.82) is 5.41 Å². The minimum atomic E-state index is -0.289. The lowest BCUT2D eigenvalue weighted by Gasteiger charge is -2.22. The van der Waals surface area contributed by atoms with Crippen LogP contribution in [0, 0.1) is 5.41 Å². The SMILES string of the molecule is CNc1nc(N2CCCCCC2)ccc1C(=N)c1cnc(C(=O)NCc2ccccc2Cl)s1. The summed E-state index contributed by atoms with van der Waals surface area (Å²) in [5, 5.41) is 15.6. The largest absolute Gasteiger partial charge is 0.373 e. The summed E-state index contributed by atoms with van der Waals surface area (Å²) < 4.78 is 0. The molecule has 0 saturated carbocycles. The lowest BCUT2D eigenvalue weighted by atomic mass is 10.1. The van der Waals surface area contributed by atoms with E-state index in [2.05, 4.69) is 20.5 Å². The molecule has 33 heavy (non-hydrogen) atoms. The van der Waals surface area contributed by atoms with Crippen molar-refractivity contribution < 1.29 is 4.79 Å². The number of nitrogens with one attached hydrogen (secondary N) is 3. The van der Waals surface area contributed by atoms with E-state index < -0.39 is 0 Å². The number of benzene rings is 1. The second kappa shape index (κ2) is 10.8. The number of nitrogens with zero attached hydrogens (tertiary/aromatic N) is 3. The molecule has 7 nitrogen and oxygen atoms in total. The Kier molecular flexibility index (Phi) is 7.57. The monoisotopic (exact) mass is 482 g/mol. The summed E-state index contributed by atoms with van der Waals surface area (Å²) in [6.07, 6.45) is 6.45. The average Bonchev–Trinajstić information content (AvgIpc) is 3.18. The quantitative estimate of drug-likeness (QED) is 0.414. The van der Waals surface area contributed by atoms with E-state index in [1.807, 2.05) is 37.4 Å². The van der Waals surface area contributed by atoms with Gasteiger partial charge < -0.3 is 15.5 Å². The Hall–Kier alpha value is -2.97. The van der Waals surface area contributed by atoms with Gasteiger partial charge in [-0.3, -0.25) is 10.2 Å². The fraction of sp³-hybridized carbons (Fsp3) is 0.333. The summed E-state index contributed by atoms with van der Waals surface area (Å²) >= 11 is 7.35. The Labute approximate surface area is 202 Å². The molecule has 2 aromatic heterocycles. The molecule has 172 valence electrons. The highest BCUT2D eigenvalue weighted by Crippen LogP contribution is 2.26. The normalized spacial score (nSPS) is 13.9. The van der Waals surface area contributed by atoms with E-state index in [0.717, 1.165) is 24.5 Å². The summed E-state index contributed by atoms with van der Waals surface area (Å²) in [5.74, 6) is 1.30. The molecule has 1 aliphatic rings. The van der Waals surface area contributed by atoms with E-state index in [4.69, 9.17) is 22.0 Å². The second-order valence-electron chi connectivity index (χ2n) is 7.90. The number of amides is 1. The number of hydrogen-bond donors (Lipinski definition) is 3. The molecule has 9 heteroatoms. The van der Waals surface area contributed by atoms with Gasteiger partial charge >= 0.3 is 0 Å². The highest BCUT2D eigenvalue weighted by Gasteiger charge is 2.19. The number of carbonyl (C=O) groups excluding carboxylic acids is 1. The molecule has 4 rings (SSSR count). The standard InChI is InChI=1S/C24H27ClN6OS/c1-27-22-17(10-11-20(30-22)31-12-6-2-3-7-13-31)21(26)19-15-29-24(33-19)23(32)28-14-16-8-4-5-9-18(16)25/h4-5,8-11,15,26H,2-3,6-7,12-14H2,1H3,(H,27,30)(H,28,32). The zero-order valence-electron chi connectivity index (χ0n) is 18.5. The van der Waals surface area contributed by atoms with Crippen LogP contribution in [0.5, 0.6) is 0 Å². The lowest BCUT2D eigenvalue weighted by Crippen LogP contribution is -2.25. The number of thiazole rings is 1. The molecule has 1 fully saturated rings. The Morgan fingerprint density at radius 1 is 1.15 bits per heavy atom. The van der Waals surface area contributed by atoms with Gasteiger partial charge in [0.1, 0.15) is 11.6 Å². The van der Waals surface area contributed by atoms with Crippen LogP contribution in [0.1, 0.15) is 51.5 Å². The minimum Gasteiger partial charge on any atom is -0.373 e. The third-order valence-corrected chi connectivity index (χ3v) is 7.04. The van der Waals surface area contributed by atoms with E-state index in [-0.39, 0.29) is 11.6 Å². The Bertz CT molecular complexity index is 1140. The van der Waals surface area contributed by atoms with Crippen molar-refractivity contribution in [2.24, 2.45) is 0 Å². The highest BCUT2D eigenvalue weighted by atomic mass is 35.5. The molecule has 3 aromatic rings. The molecule has 0 spiro atoms. The number of pyridine rings is 1. The maximum atomic E-state index is 12.6. The smallest absolute Gasteiger partial charge is 0.280 e. The topological polar surface area (TPSA) is 94.0 Å². The fourth-order valence-electron chi connectivity index (χ4n) is 3.84. The van der Waals surface area contributed by atoms with Crippen LogP contribution in [0.25, 0.3) is 0 Å². The minimum absolute atomic E-state index is 0.289. The average molecular weight is 483 g/mol. The zero-order valence-corrected chi connectivity index (χ0v) is 20.1. The van der Waals surface area contributed by atoms with Gasteiger partial charge in [0.05, 0.1) is 10.6 Å². The number of rotatable bonds is 7. The van der Waals surface area contributed by atoms with Crippen LogP contribution >= 0.6 is 22.9 Å². The molecule has 0 atom stereocenters. The van der Waals surface area contributed by atoms with Crippen LogP contribution in [0.4, 0.5) is 11.6 Å². The van der Waals surface area contributed by atoms with Gasteiger partial charge in [0.15, 0.2) is 5.01 Å². The van der Waals surface area contributed by atoms with Gasteiger partial charge in [-0.1, -0.05) is 42.6 Å². The number of hydrogen-bond acceptors (Lipinski definition) is 7. The number of carbonyl (C=O) groups is 1. The third kappa shape index (κ3) is 5.51. The number of anilines is 2. The predicted octanol–water partition coefficient (Wildman–Crippen LogP) is 4.96. The van der Waals surface area contributed by atoms with Crippen molar-refractivity contribution in [2.45, 2.75) is 32.2 Å². The molecule has 3 heterocycles. The van der Waals surface area contributed by atoms with Crippen molar-refractivity contribution >= 4 is 46.2 Å². The number of aromatic nitrogens is 2. The molecule has 0 radical (unpaired) electrons. The Morgan fingerprint density at radius 3 is 2.64 bits per heavy atom. The molecule has 1 amide bonds. The van der Waals surface area contributed by atoms with E-state index in [0.29, 0.717) is 32.8 Å². The van der Waals surface area contributed by atoms with Gasteiger partial charge in [0.2, 0.25) is 0 Å². The molecular formula is C24H27ClN6OS. The van der Waals surface area contributed by atoms with Crippen LogP contribution in [-0.2, 0) is 6.54 Å². The summed E-state index contributed by atoms with van der Waals surface area (Å²) in [4.78, 5) is 24.5. The van der Waals surface area contributed by atoms with Crippen molar-refractivity contribution in [3.05, 3.63) is 68.6 Å². The van der Waals surface area contributed by atoms with Crippen LogP contribution in [0.3, 0.4) is 0 Å². The number of halogens is 1. The first-order valence-corrected chi connectivity index (χ1v) is 12.3. The van der Waals surface area contributed by atoms with Crippen molar-refractivity contribution in [3.8, 4) is 0 Å². The Morgan fingerprint density at radius 2 is 1.91 bits per heavy atom. The van der Waals surface area contributed by atoms with E-state index in [1.54, 1.807) is 12.3 Å². The van der Waals surface area contributed by atoms with Crippen molar-refractivity contribution in [1.82, 2.24) is 15.3 Å². The van der Waals surface area contributed by atoms with E-state index >= 15 is 0 Å². The lowest BCUT2D eigenvalue weighted by molar-refractivity contribution is 0.0950. The maximum Gasteiger partial charge on any atom is 0.280 e. The highest BCUT2D eigenvalue weighted by molar-refractivity contribution is 7.15. The van der Waals surface area contributed by atoms with Gasteiger partial charge in [0, 0.05) is 43.5 Å². The second-order valence-corrected chi connectivity index (χ2v) is 9.33. The maximum absolute atomic E-state index is 12.6. The molecule has 1 aromatic carbocycles. The van der Waals surface area contributed by atoms with E-state index in [1.165, 1.54) is 37.0 Å². The molecule has 1 aliphatic heterocycles. The molecule has 0 unspecified atom stereocenters. The molecule has 1 saturated heterocycles. The summed E-state index contributed by atoms with van der Waals surface area (Å²) in [5.41, 5.74) is 1.81. The summed E-state index contributed by atoms with van der Waals surface area (Å²) in [7, 11) is 1.81. The first-order valence-electron chi connectivity index (χ1n) is 11.1. The first-order chi connectivity index (χ1) is 16.1. The van der Waals surface area contributed by atoms with Gasteiger partial charge in [-0.15, -0.1) is 11.3 Å². The van der Waals surface area contributed by atoms with E-state index in [9.17, 15) is 4.79 Å². The Balaban J connectivity index is 1.47. The van der Waals surface area contributed by atoms with Gasteiger partial charge in [0.25, 0.3) is 5.91 Å². The zero-order chi connectivity index (χ0) is 23.2. The fourth-order valence-corrected chi connectivity index (χ4v) is 4.84. The van der Waals surface area contributed by atoms with Crippen molar-refractivity contribution in [3.63, 3.8) is 0 Å².